The minimum Gasteiger partial charge on any atom is -0.465 e. The molecule has 0 aliphatic rings. The maximum absolute atomic E-state index is 12.1. The highest BCUT2D eigenvalue weighted by molar-refractivity contribution is 6.02. The lowest BCUT2D eigenvalue weighted by Crippen LogP contribution is -2.33. The molecule has 0 heterocycles. The molecule has 20 heavy (non-hydrogen) atoms. The fourth-order valence-corrected chi connectivity index (χ4v) is 1.94. The van der Waals surface area contributed by atoms with Crippen LogP contribution in [0.4, 0.5) is 5.69 Å². The van der Waals surface area contributed by atoms with Crippen LogP contribution in [0.3, 0.4) is 0 Å². The molecule has 1 aromatic carbocycles. The number of methoxy groups -OCH3 is 1. The Bertz CT molecular complexity index is 482. The molecule has 0 unspecified atom stereocenters. The number of carbonyl (C=O) groups excluding carboxylic acids is 2. The third kappa shape index (κ3) is 4.06. The number of carbonyl (C=O) groups is 2. The number of hydrogen-bond donors (Lipinski definition) is 1. The summed E-state index contributed by atoms with van der Waals surface area (Å²) in [6.07, 6.45) is 0. The highest BCUT2D eigenvalue weighted by Crippen LogP contribution is 2.21. The van der Waals surface area contributed by atoms with Crippen molar-refractivity contribution in [3.8, 4) is 0 Å². The molecule has 110 valence electrons. The molecule has 0 radical (unpaired) electrons. The molecule has 0 fully saturated rings. The van der Waals surface area contributed by atoms with E-state index in [1.165, 1.54) is 7.11 Å². The molecule has 5 nitrogen and oxygen atoms in total. The third-order valence-corrected chi connectivity index (χ3v) is 3.20. The molecule has 1 amide bonds. The van der Waals surface area contributed by atoms with E-state index in [1.54, 1.807) is 12.1 Å². The molecule has 1 aromatic rings. The van der Waals surface area contributed by atoms with Crippen LogP contribution in [-0.2, 0) is 9.53 Å². The van der Waals surface area contributed by atoms with Crippen LogP contribution in [0.25, 0.3) is 0 Å². The van der Waals surface area contributed by atoms with Crippen LogP contribution in [0, 0.1) is 6.92 Å². The van der Waals surface area contributed by atoms with Crippen molar-refractivity contribution < 1.29 is 14.3 Å². The van der Waals surface area contributed by atoms with Crippen LogP contribution >= 0.6 is 0 Å². The molecule has 0 aliphatic carbocycles. The number of aryl methyl sites for hydroxylation is 1. The smallest absolute Gasteiger partial charge is 0.339 e. The average molecular weight is 278 g/mol. The van der Waals surface area contributed by atoms with E-state index in [-0.39, 0.29) is 5.91 Å². The number of hydrogen-bond acceptors (Lipinski definition) is 4. The second kappa shape index (κ2) is 7.65. The topological polar surface area (TPSA) is 58.6 Å². The summed E-state index contributed by atoms with van der Waals surface area (Å²) in [7, 11) is 1.33. The van der Waals surface area contributed by atoms with Crippen molar-refractivity contribution in [1.82, 2.24) is 4.90 Å². The normalized spacial score (nSPS) is 10.4. The van der Waals surface area contributed by atoms with E-state index in [0.29, 0.717) is 17.8 Å². The molecule has 0 aliphatic heterocycles. The predicted molar refractivity (Wildman–Crippen MR) is 78.9 cm³/mol. The Morgan fingerprint density at radius 1 is 1.25 bits per heavy atom. The van der Waals surface area contributed by atoms with Crippen molar-refractivity contribution in [2.75, 3.05) is 32.1 Å². The number of benzene rings is 1. The summed E-state index contributed by atoms with van der Waals surface area (Å²) in [5, 5.41) is 2.81. The molecule has 5 heteroatoms. The molecule has 1 rings (SSSR count). The number of rotatable bonds is 6. The van der Waals surface area contributed by atoms with E-state index in [9.17, 15) is 9.59 Å². The van der Waals surface area contributed by atoms with Gasteiger partial charge in [-0.3, -0.25) is 9.69 Å². The van der Waals surface area contributed by atoms with Crippen LogP contribution in [0.2, 0.25) is 0 Å². The largest absolute Gasteiger partial charge is 0.465 e. The SMILES string of the molecule is CCN(CC)CC(=O)Nc1c(C)cccc1C(=O)OC. The standard InChI is InChI=1S/C15H22N2O3/c1-5-17(6-2)10-13(18)16-14-11(3)8-7-9-12(14)15(19)20-4/h7-9H,5-6,10H2,1-4H3,(H,16,18). The lowest BCUT2D eigenvalue weighted by Gasteiger charge is -2.18. The lowest BCUT2D eigenvalue weighted by atomic mass is 10.1. The Morgan fingerprint density at radius 3 is 2.45 bits per heavy atom. The number of esters is 1. The maximum Gasteiger partial charge on any atom is 0.339 e. The minimum atomic E-state index is -0.452. The van der Waals surface area contributed by atoms with E-state index < -0.39 is 5.97 Å². The van der Waals surface area contributed by atoms with Crippen LogP contribution in [-0.4, -0.2) is 43.5 Å². The Balaban J connectivity index is 2.91. The van der Waals surface area contributed by atoms with E-state index in [4.69, 9.17) is 4.74 Å². The number of likely N-dealkylation sites (N-methyl/N-ethyl adjacent to an activating group) is 1. The van der Waals surface area contributed by atoms with Gasteiger partial charge in [0.2, 0.25) is 5.91 Å². The van der Waals surface area contributed by atoms with Gasteiger partial charge >= 0.3 is 5.97 Å². The number of amides is 1. The summed E-state index contributed by atoms with van der Waals surface area (Å²) in [5.41, 5.74) is 1.73. The zero-order chi connectivity index (χ0) is 15.1. The zero-order valence-corrected chi connectivity index (χ0v) is 12.5. The highest BCUT2D eigenvalue weighted by Gasteiger charge is 2.16. The van der Waals surface area contributed by atoms with Gasteiger partial charge in [-0.25, -0.2) is 4.79 Å². The van der Waals surface area contributed by atoms with Crippen molar-refractivity contribution in [3.63, 3.8) is 0 Å². The predicted octanol–water partition coefficient (Wildman–Crippen LogP) is 2.06. The summed E-state index contributed by atoms with van der Waals surface area (Å²) in [4.78, 5) is 25.8. The van der Waals surface area contributed by atoms with E-state index in [2.05, 4.69) is 5.32 Å². The van der Waals surface area contributed by atoms with Gasteiger partial charge in [-0.2, -0.15) is 0 Å². The lowest BCUT2D eigenvalue weighted by molar-refractivity contribution is -0.117. The van der Waals surface area contributed by atoms with Crippen LogP contribution in [0.15, 0.2) is 18.2 Å². The average Bonchev–Trinajstić information content (AvgIpc) is 2.46. The van der Waals surface area contributed by atoms with Gasteiger partial charge in [0.05, 0.1) is 24.9 Å². The number of ether oxygens (including phenoxy) is 1. The second-order valence-corrected chi connectivity index (χ2v) is 4.50. The molecule has 0 atom stereocenters. The van der Waals surface area contributed by atoms with Crippen molar-refractivity contribution in [2.24, 2.45) is 0 Å². The fraction of sp³-hybridized carbons (Fsp3) is 0.467. The van der Waals surface area contributed by atoms with Crippen molar-refractivity contribution in [3.05, 3.63) is 29.3 Å². The summed E-state index contributed by atoms with van der Waals surface area (Å²) in [6.45, 7) is 7.78. The highest BCUT2D eigenvalue weighted by atomic mass is 16.5. The first-order chi connectivity index (χ1) is 9.53. The van der Waals surface area contributed by atoms with Gasteiger partial charge in [0, 0.05) is 0 Å². The summed E-state index contributed by atoms with van der Waals surface area (Å²) in [5.74, 6) is -0.583. The van der Waals surface area contributed by atoms with Crippen molar-refractivity contribution in [1.29, 1.82) is 0 Å². The van der Waals surface area contributed by atoms with Gasteiger partial charge in [0.1, 0.15) is 0 Å². The quantitative estimate of drug-likeness (QED) is 0.809. The van der Waals surface area contributed by atoms with Crippen LogP contribution < -0.4 is 5.32 Å². The third-order valence-electron chi connectivity index (χ3n) is 3.20. The molecule has 0 bridgehead atoms. The summed E-state index contributed by atoms with van der Waals surface area (Å²) in [6, 6.07) is 5.26. The first kappa shape index (κ1) is 16.2. The molecule has 0 spiro atoms. The zero-order valence-electron chi connectivity index (χ0n) is 12.5. The Kier molecular flexibility index (Phi) is 6.18. The molecular weight excluding hydrogens is 256 g/mol. The Hall–Kier alpha value is -1.88. The van der Waals surface area contributed by atoms with E-state index in [0.717, 1.165) is 18.7 Å². The number of anilines is 1. The Labute approximate surface area is 119 Å². The van der Waals surface area contributed by atoms with Crippen LogP contribution in [0.1, 0.15) is 29.8 Å². The van der Waals surface area contributed by atoms with Crippen molar-refractivity contribution >= 4 is 17.6 Å². The van der Waals surface area contributed by atoms with Gasteiger partial charge in [0.15, 0.2) is 0 Å². The molecule has 0 saturated heterocycles. The second-order valence-electron chi connectivity index (χ2n) is 4.50. The van der Waals surface area contributed by atoms with Gasteiger partial charge in [-0.1, -0.05) is 26.0 Å². The van der Waals surface area contributed by atoms with E-state index in [1.807, 2.05) is 31.7 Å². The van der Waals surface area contributed by atoms with Crippen LogP contribution in [0.5, 0.6) is 0 Å². The van der Waals surface area contributed by atoms with Gasteiger partial charge < -0.3 is 10.1 Å². The van der Waals surface area contributed by atoms with Gasteiger partial charge in [-0.15, -0.1) is 0 Å². The minimum absolute atomic E-state index is 0.131. The summed E-state index contributed by atoms with van der Waals surface area (Å²) < 4.78 is 4.74. The molecule has 0 saturated carbocycles. The first-order valence-corrected chi connectivity index (χ1v) is 6.73. The number of nitrogens with one attached hydrogen (secondary N) is 1. The van der Waals surface area contributed by atoms with Crippen molar-refractivity contribution in [2.45, 2.75) is 20.8 Å². The maximum atomic E-state index is 12.1. The molecule has 0 aromatic heterocycles. The summed E-state index contributed by atoms with van der Waals surface area (Å²) >= 11 is 0. The van der Waals surface area contributed by atoms with Gasteiger partial charge in [0.25, 0.3) is 0 Å². The molecular formula is C15H22N2O3. The number of para-hydroxylation sites is 1. The first-order valence-electron chi connectivity index (χ1n) is 6.73. The Morgan fingerprint density at radius 2 is 1.90 bits per heavy atom. The van der Waals surface area contributed by atoms with E-state index >= 15 is 0 Å². The molecule has 1 N–H and O–H groups in total. The monoisotopic (exact) mass is 278 g/mol. The fourth-order valence-electron chi connectivity index (χ4n) is 1.94. The van der Waals surface area contributed by atoms with Gasteiger partial charge in [-0.05, 0) is 31.6 Å². The number of nitrogens with zero attached hydrogens (tertiary/aromatic N) is 1.